The van der Waals surface area contributed by atoms with E-state index in [2.05, 4.69) is 10.5 Å². The molecule has 2 heterocycles. The summed E-state index contributed by atoms with van der Waals surface area (Å²) in [6.45, 7) is 7.20. The van der Waals surface area contributed by atoms with Gasteiger partial charge in [-0.1, -0.05) is 11.2 Å². The van der Waals surface area contributed by atoms with Crippen molar-refractivity contribution < 1.29 is 18.8 Å². The maximum atomic E-state index is 12.5. The predicted octanol–water partition coefficient (Wildman–Crippen LogP) is 2.97. The molecule has 1 atom stereocenters. The topological polar surface area (TPSA) is 76.8 Å². The van der Waals surface area contributed by atoms with Crippen LogP contribution in [0.2, 0.25) is 0 Å². The predicted molar refractivity (Wildman–Crippen MR) is 91.8 cm³/mol. The fourth-order valence-corrected chi connectivity index (χ4v) is 2.74. The summed E-state index contributed by atoms with van der Waals surface area (Å²) in [7, 11) is 1.75. The van der Waals surface area contributed by atoms with Gasteiger partial charge in [0.15, 0.2) is 11.5 Å². The summed E-state index contributed by atoms with van der Waals surface area (Å²) in [6, 6.07) is 5.40. The van der Waals surface area contributed by atoms with E-state index < -0.39 is 0 Å². The van der Waals surface area contributed by atoms with Crippen molar-refractivity contribution in [1.29, 1.82) is 0 Å². The van der Waals surface area contributed by atoms with Gasteiger partial charge in [-0.3, -0.25) is 0 Å². The van der Waals surface area contributed by atoms with E-state index in [4.69, 9.17) is 14.0 Å². The Labute approximate surface area is 146 Å². The highest BCUT2D eigenvalue weighted by molar-refractivity contribution is 5.74. The molecule has 1 aromatic carbocycles. The van der Waals surface area contributed by atoms with Crippen LogP contribution in [0.3, 0.4) is 0 Å². The van der Waals surface area contributed by atoms with Crippen molar-refractivity contribution in [3.8, 4) is 11.5 Å². The Balaban J connectivity index is 1.64. The van der Waals surface area contributed by atoms with Gasteiger partial charge in [-0.25, -0.2) is 4.79 Å². The van der Waals surface area contributed by atoms with Gasteiger partial charge in [0.1, 0.15) is 19.0 Å². The second kappa shape index (κ2) is 7.04. The van der Waals surface area contributed by atoms with E-state index in [0.717, 1.165) is 28.3 Å². The lowest BCUT2D eigenvalue weighted by atomic mass is 10.1. The lowest BCUT2D eigenvalue weighted by molar-refractivity contribution is 0.171. The van der Waals surface area contributed by atoms with Gasteiger partial charge in [-0.2, -0.15) is 0 Å². The largest absolute Gasteiger partial charge is 0.486 e. The van der Waals surface area contributed by atoms with Gasteiger partial charge in [0.05, 0.1) is 18.3 Å². The number of nitrogens with zero attached hydrogens (tertiary/aromatic N) is 2. The molecule has 1 aromatic heterocycles. The minimum absolute atomic E-state index is 0.157. The molecule has 0 spiro atoms. The van der Waals surface area contributed by atoms with Crippen molar-refractivity contribution >= 4 is 6.03 Å². The molecule has 7 heteroatoms. The van der Waals surface area contributed by atoms with E-state index in [0.29, 0.717) is 25.5 Å². The number of fused-ring (bicyclic) bond motifs is 1. The number of ether oxygens (including phenoxy) is 2. The van der Waals surface area contributed by atoms with E-state index in [1.807, 2.05) is 39.0 Å². The molecule has 0 aliphatic carbocycles. The first-order valence-corrected chi connectivity index (χ1v) is 8.28. The molecular weight excluding hydrogens is 322 g/mol. The van der Waals surface area contributed by atoms with E-state index in [9.17, 15) is 4.79 Å². The Kier molecular flexibility index (Phi) is 4.83. The number of carbonyl (C=O) groups excluding carboxylic acids is 1. The molecule has 3 rings (SSSR count). The number of carbonyl (C=O) groups is 1. The van der Waals surface area contributed by atoms with Gasteiger partial charge >= 0.3 is 6.03 Å². The van der Waals surface area contributed by atoms with Gasteiger partial charge in [0, 0.05) is 12.6 Å². The fraction of sp³-hybridized carbons (Fsp3) is 0.444. The Hall–Kier alpha value is -2.70. The van der Waals surface area contributed by atoms with E-state index in [1.54, 1.807) is 11.9 Å². The third-order valence-corrected chi connectivity index (χ3v) is 4.33. The van der Waals surface area contributed by atoms with Crippen LogP contribution in [0, 0.1) is 13.8 Å². The Morgan fingerprint density at radius 2 is 2.00 bits per heavy atom. The molecule has 0 bridgehead atoms. The van der Waals surface area contributed by atoms with Crippen LogP contribution in [0.15, 0.2) is 22.7 Å². The minimum atomic E-state index is -0.164. The number of aryl methyl sites for hydroxylation is 2. The molecule has 1 aliphatic heterocycles. The molecule has 1 aliphatic rings. The Morgan fingerprint density at radius 1 is 1.28 bits per heavy atom. The summed E-state index contributed by atoms with van der Waals surface area (Å²) in [4.78, 5) is 14.1. The molecule has 134 valence electrons. The number of rotatable bonds is 4. The summed E-state index contributed by atoms with van der Waals surface area (Å²) in [5.74, 6) is 2.19. The summed E-state index contributed by atoms with van der Waals surface area (Å²) >= 11 is 0. The molecule has 2 aromatic rings. The van der Waals surface area contributed by atoms with Crippen LogP contribution in [0.4, 0.5) is 4.79 Å². The molecule has 0 unspecified atom stereocenters. The number of nitrogens with one attached hydrogen (secondary N) is 1. The van der Waals surface area contributed by atoms with E-state index in [1.165, 1.54) is 0 Å². The summed E-state index contributed by atoms with van der Waals surface area (Å²) in [5, 5.41) is 6.91. The molecule has 7 nitrogen and oxygen atoms in total. The van der Waals surface area contributed by atoms with Gasteiger partial charge in [0.2, 0.25) is 0 Å². The van der Waals surface area contributed by atoms with Crippen molar-refractivity contribution in [2.75, 3.05) is 20.3 Å². The molecular formula is C18H23N3O4. The quantitative estimate of drug-likeness (QED) is 0.922. The maximum absolute atomic E-state index is 12.5. The van der Waals surface area contributed by atoms with Gasteiger partial charge in [-0.05, 0) is 38.5 Å². The van der Waals surface area contributed by atoms with Crippen molar-refractivity contribution in [3.05, 3.63) is 40.8 Å². The number of urea groups is 1. The normalized spacial score (nSPS) is 14.1. The maximum Gasteiger partial charge on any atom is 0.317 e. The van der Waals surface area contributed by atoms with Crippen LogP contribution < -0.4 is 14.8 Å². The number of benzene rings is 1. The second-order valence-electron chi connectivity index (χ2n) is 6.23. The summed E-state index contributed by atoms with van der Waals surface area (Å²) in [5.41, 5.74) is 2.70. The zero-order valence-corrected chi connectivity index (χ0v) is 15.0. The van der Waals surface area contributed by atoms with E-state index >= 15 is 0 Å². The average molecular weight is 345 g/mol. The second-order valence-corrected chi connectivity index (χ2v) is 6.23. The fourth-order valence-electron chi connectivity index (χ4n) is 2.74. The number of amides is 2. The molecule has 0 saturated carbocycles. The average Bonchev–Trinajstić information content (AvgIpc) is 2.93. The molecule has 25 heavy (non-hydrogen) atoms. The Morgan fingerprint density at radius 3 is 2.68 bits per heavy atom. The van der Waals surface area contributed by atoms with Crippen LogP contribution in [0.5, 0.6) is 11.5 Å². The smallest absolute Gasteiger partial charge is 0.317 e. The monoisotopic (exact) mass is 345 g/mol. The zero-order valence-electron chi connectivity index (χ0n) is 15.0. The number of hydrogen-bond donors (Lipinski definition) is 1. The van der Waals surface area contributed by atoms with Crippen LogP contribution in [0.25, 0.3) is 0 Å². The van der Waals surface area contributed by atoms with Gasteiger partial charge < -0.3 is 24.2 Å². The lowest BCUT2D eigenvalue weighted by Crippen LogP contribution is -2.38. The van der Waals surface area contributed by atoms with Gasteiger partial charge in [-0.15, -0.1) is 0 Å². The van der Waals surface area contributed by atoms with Crippen molar-refractivity contribution in [2.24, 2.45) is 0 Å². The number of hydrogen-bond acceptors (Lipinski definition) is 5. The van der Waals surface area contributed by atoms with Crippen LogP contribution in [-0.4, -0.2) is 36.3 Å². The summed E-state index contributed by atoms with van der Waals surface area (Å²) < 4.78 is 16.3. The first-order valence-electron chi connectivity index (χ1n) is 8.28. The molecule has 0 fully saturated rings. The van der Waals surface area contributed by atoms with E-state index in [-0.39, 0.29) is 12.1 Å². The standard InChI is InChI=1S/C18H23N3O4/c1-11(14-5-6-16-17(9-14)24-8-7-23-16)19-18(22)21(4)10-15-12(2)20-25-13(15)3/h5-6,9,11H,7-8,10H2,1-4H3,(H,19,22)/t11-/m0/s1. The number of aromatic nitrogens is 1. The van der Waals surface area contributed by atoms with Crippen molar-refractivity contribution in [1.82, 2.24) is 15.4 Å². The molecule has 0 radical (unpaired) electrons. The van der Waals surface area contributed by atoms with Crippen LogP contribution in [0.1, 0.15) is 35.5 Å². The van der Waals surface area contributed by atoms with Gasteiger partial charge in [0.25, 0.3) is 0 Å². The lowest BCUT2D eigenvalue weighted by Gasteiger charge is -2.23. The highest BCUT2D eigenvalue weighted by Gasteiger charge is 2.19. The third-order valence-electron chi connectivity index (χ3n) is 4.33. The SMILES string of the molecule is Cc1noc(C)c1CN(C)C(=O)N[C@@H](C)c1ccc2c(c1)OCCO2. The Bertz CT molecular complexity index is 752. The van der Waals surface area contributed by atoms with Crippen LogP contribution >= 0.6 is 0 Å². The minimum Gasteiger partial charge on any atom is -0.486 e. The molecule has 1 N–H and O–H groups in total. The molecule has 0 saturated heterocycles. The summed E-state index contributed by atoms with van der Waals surface area (Å²) in [6.07, 6.45) is 0. The zero-order chi connectivity index (χ0) is 18.0. The first-order chi connectivity index (χ1) is 12.0. The highest BCUT2D eigenvalue weighted by Crippen LogP contribution is 2.32. The first kappa shape index (κ1) is 17.1. The van der Waals surface area contributed by atoms with Crippen molar-refractivity contribution in [2.45, 2.75) is 33.4 Å². The third kappa shape index (κ3) is 3.70. The van der Waals surface area contributed by atoms with Crippen molar-refractivity contribution in [3.63, 3.8) is 0 Å². The van der Waals surface area contributed by atoms with Crippen LogP contribution in [-0.2, 0) is 6.54 Å². The highest BCUT2D eigenvalue weighted by atomic mass is 16.6. The molecule has 2 amide bonds.